The number of carbonyl (C=O) groups excluding carboxylic acids is 2. The summed E-state index contributed by atoms with van der Waals surface area (Å²) in [6, 6.07) is 18.3. The molecule has 2 amide bonds. The minimum atomic E-state index is -4.15. The molecule has 0 spiro atoms. The molecule has 39 heavy (non-hydrogen) atoms. The zero-order valence-corrected chi connectivity index (χ0v) is 24.6. The maximum Gasteiger partial charge on any atom is 0.264 e. The van der Waals surface area contributed by atoms with Gasteiger partial charge >= 0.3 is 0 Å². The summed E-state index contributed by atoms with van der Waals surface area (Å²) in [7, 11) is -4.15. The summed E-state index contributed by atoms with van der Waals surface area (Å²) in [5, 5.41) is 3.19. The van der Waals surface area contributed by atoms with Crippen LogP contribution in [0.25, 0.3) is 0 Å². The van der Waals surface area contributed by atoms with Crippen LogP contribution in [0.5, 0.6) is 0 Å². The van der Waals surface area contributed by atoms with Crippen molar-refractivity contribution in [3.8, 4) is 0 Å². The van der Waals surface area contributed by atoms with E-state index in [1.54, 1.807) is 37.3 Å². The monoisotopic (exact) mass is 569 g/mol. The molecule has 0 fully saturated rings. The van der Waals surface area contributed by atoms with Crippen LogP contribution in [0.1, 0.15) is 42.5 Å². The van der Waals surface area contributed by atoms with Crippen molar-refractivity contribution in [3.05, 3.63) is 94.0 Å². The zero-order valence-electron chi connectivity index (χ0n) is 23.1. The first-order valence-electron chi connectivity index (χ1n) is 13.0. The number of halogens is 1. The van der Waals surface area contributed by atoms with Crippen LogP contribution in [0, 0.1) is 20.8 Å². The van der Waals surface area contributed by atoms with Gasteiger partial charge in [0.25, 0.3) is 10.0 Å². The van der Waals surface area contributed by atoms with E-state index in [1.165, 1.54) is 17.0 Å². The predicted molar refractivity (Wildman–Crippen MR) is 156 cm³/mol. The lowest BCUT2D eigenvalue weighted by Gasteiger charge is -2.33. The Bertz CT molecular complexity index is 1410. The molecule has 0 heterocycles. The van der Waals surface area contributed by atoms with E-state index in [0.29, 0.717) is 29.2 Å². The van der Waals surface area contributed by atoms with E-state index in [9.17, 15) is 18.0 Å². The Labute approximate surface area is 236 Å². The minimum absolute atomic E-state index is 0.0566. The SMILES string of the molecule is CCNC(=O)[C@H](CC)N(Cc1ccc(C)cc1)C(=O)CN(c1cccc(Cl)c1C)S(=O)(=O)c1ccc(C)cc1. The molecule has 208 valence electrons. The van der Waals surface area contributed by atoms with Gasteiger partial charge in [0.15, 0.2) is 0 Å². The molecule has 9 heteroatoms. The molecule has 1 atom stereocenters. The van der Waals surface area contributed by atoms with Gasteiger partial charge in [0.2, 0.25) is 11.8 Å². The third-order valence-electron chi connectivity index (χ3n) is 6.61. The third kappa shape index (κ3) is 7.19. The van der Waals surface area contributed by atoms with Gasteiger partial charge in [0.1, 0.15) is 12.6 Å². The van der Waals surface area contributed by atoms with Crippen LogP contribution < -0.4 is 9.62 Å². The Kier molecular flexibility index (Phi) is 10.2. The van der Waals surface area contributed by atoms with E-state index in [2.05, 4.69) is 5.32 Å². The average Bonchev–Trinajstić information content (AvgIpc) is 2.90. The molecule has 0 aliphatic carbocycles. The van der Waals surface area contributed by atoms with Gasteiger partial charge in [-0.2, -0.15) is 0 Å². The number of amides is 2. The molecular formula is C30H36ClN3O4S. The highest BCUT2D eigenvalue weighted by Crippen LogP contribution is 2.31. The fourth-order valence-electron chi connectivity index (χ4n) is 4.32. The number of anilines is 1. The highest BCUT2D eigenvalue weighted by molar-refractivity contribution is 7.92. The van der Waals surface area contributed by atoms with E-state index < -0.39 is 28.5 Å². The van der Waals surface area contributed by atoms with Crippen molar-refractivity contribution in [2.75, 3.05) is 17.4 Å². The number of nitrogens with zero attached hydrogens (tertiary/aromatic N) is 2. The van der Waals surface area contributed by atoms with E-state index in [0.717, 1.165) is 21.0 Å². The van der Waals surface area contributed by atoms with Gasteiger partial charge in [-0.15, -0.1) is 0 Å². The predicted octanol–water partition coefficient (Wildman–Crippen LogP) is 5.40. The molecule has 0 aliphatic heterocycles. The molecule has 3 aromatic carbocycles. The second kappa shape index (κ2) is 13.1. The molecule has 0 saturated heterocycles. The summed E-state index contributed by atoms with van der Waals surface area (Å²) in [6.07, 6.45) is 0.365. The van der Waals surface area contributed by atoms with Gasteiger partial charge in [-0.05, 0) is 69.5 Å². The molecule has 7 nitrogen and oxygen atoms in total. The normalized spacial score (nSPS) is 12.1. The lowest BCUT2D eigenvalue weighted by Crippen LogP contribution is -2.52. The number of hydrogen-bond acceptors (Lipinski definition) is 4. The topological polar surface area (TPSA) is 86.8 Å². The van der Waals surface area contributed by atoms with Crippen molar-refractivity contribution >= 4 is 39.1 Å². The fraction of sp³-hybridized carbons (Fsp3) is 0.333. The molecular weight excluding hydrogens is 534 g/mol. The number of aryl methyl sites for hydroxylation is 2. The minimum Gasteiger partial charge on any atom is -0.355 e. The molecule has 0 aromatic heterocycles. The smallest absolute Gasteiger partial charge is 0.264 e. The van der Waals surface area contributed by atoms with Gasteiger partial charge < -0.3 is 10.2 Å². The van der Waals surface area contributed by atoms with Crippen molar-refractivity contribution in [2.24, 2.45) is 0 Å². The van der Waals surface area contributed by atoms with E-state index >= 15 is 0 Å². The summed E-state index contributed by atoms with van der Waals surface area (Å²) < 4.78 is 29.0. The Morgan fingerprint density at radius 3 is 2.05 bits per heavy atom. The molecule has 0 bridgehead atoms. The number of hydrogen-bond donors (Lipinski definition) is 1. The zero-order chi connectivity index (χ0) is 28.7. The first-order chi connectivity index (χ1) is 18.5. The van der Waals surface area contributed by atoms with Gasteiger partial charge in [-0.1, -0.05) is 72.1 Å². The first kappa shape index (κ1) is 30.2. The molecule has 0 radical (unpaired) electrons. The van der Waals surface area contributed by atoms with Crippen molar-refractivity contribution in [2.45, 2.75) is 58.5 Å². The number of likely N-dealkylation sites (N-methyl/N-ethyl adjacent to an activating group) is 1. The van der Waals surface area contributed by atoms with Crippen LogP contribution in [0.4, 0.5) is 5.69 Å². The Hall–Kier alpha value is -3.36. The van der Waals surface area contributed by atoms with Crippen molar-refractivity contribution < 1.29 is 18.0 Å². The van der Waals surface area contributed by atoms with Gasteiger partial charge in [-0.25, -0.2) is 8.42 Å². The third-order valence-corrected chi connectivity index (χ3v) is 8.79. The van der Waals surface area contributed by atoms with Crippen LogP contribution >= 0.6 is 11.6 Å². The number of rotatable bonds is 11. The molecule has 0 aliphatic rings. The van der Waals surface area contributed by atoms with Gasteiger partial charge in [0.05, 0.1) is 10.6 Å². The number of benzene rings is 3. The number of sulfonamides is 1. The van der Waals surface area contributed by atoms with Crippen LogP contribution in [-0.4, -0.2) is 44.3 Å². The maximum absolute atomic E-state index is 14.0. The number of nitrogens with one attached hydrogen (secondary N) is 1. The summed E-state index contributed by atoms with van der Waals surface area (Å²) >= 11 is 6.37. The Balaban J connectivity index is 2.10. The molecule has 0 saturated carbocycles. The largest absolute Gasteiger partial charge is 0.355 e. The van der Waals surface area contributed by atoms with Crippen LogP contribution in [0.2, 0.25) is 5.02 Å². The average molecular weight is 570 g/mol. The molecule has 3 rings (SSSR count). The van der Waals surface area contributed by atoms with Crippen LogP contribution in [0.15, 0.2) is 71.6 Å². The first-order valence-corrected chi connectivity index (χ1v) is 14.8. The van der Waals surface area contributed by atoms with Crippen molar-refractivity contribution in [1.82, 2.24) is 10.2 Å². The maximum atomic E-state index is 14.0. The van der Waals surface area contributed by atoms with E-state index in [1.807, 2.05) is 52.0 Å². The van der Waals surface area contributed by atoms with Crippen LogP contribution in [-0.2, 0) is 26.2 Å². The highest BCUT2D eigenvalue weighted by atomic mass is 35.5. The summed E-state index contributed by atoms with van der Waals surface area (Å²) in [6.45, 7) is 9.27. The van der Waals surface area contributed by atoms with E-state index in [-0.39, 0.29) is 17.3 Å². The quantitative estimate of drug-likeness (QED) is 0.335. The lowest BCUT2D eigenvalue weighted by molar-refractivity contribution is -0.140. The summed E-state index contributed by atoms with van der Waals surface area (Å²) in [5.74, 6) is -0.781. The van der Waals surface area contributed by atoms with Crippen molar-refractivity contribution in [3.63, 3.8) is 0 Å². The standard InChI is InChI=1S/C30H36ClN3O4S/c1-6-27(30(36)32-7-2)33(19-24-15-11-21(3)12-16-24)29(35)20-34(28-10-8-9-26(31)23(28)5)39(37,38)25-17-13-22(4)14-18-25/h8-18,27H,6-7,19-20H2,1-5H3,(H,32,36)/t27-/m0/s1. The summed E-state index contributed by atoms with van der Waals surface area (Å²) in [5.41, 5.74) is 3.65. The Morgan fingerprint density at radius 1 is 0.897 bits per heavy atom. The Morgan fingerprint density at radius 2 is 1.49 bits per heavy atom. The second-order valence-electron chi connectivity index (χ2n) is 9.53. The molecule has 1 N–H and O–H groups in total. The number of carbonyl (C=O) groups is 2. The second-order valence-corrected chi connectivity index (χ2v) is 11.8. The van der Waals surface area contributed by atoms with Crippen molar-refractivity contribution in [1.29, 1.82) is 0 Å². The highest BCUT2D eigenvalue weighted by Gasteiger charge is 2.34. The van der Waals surface area contributed by atoms with Gasteiger partial charge in [0, 0.05) is 18.1 Å². The van der Waals surface area contributed by atoms with E-state index in [4.69, 9.17) is 11.6 Å². The summed E-state index contributed by atoms with van der Waals surface area (Å²) in [4.78, 5) is 28.6. The molecule has 0 unspecified atom stereocenters. The lowest BCUT2D eigenvalue weighted by atomic mass is 10.1. The fourth-order valence-corrected chi connectivity index (χ4v) is 5.96. The van der Waals surface area contributed by atoms with Gasteiger partial charge in [-0.3, -0.25) is 13.9 Å². The molecule has 3 aromatic rings. The van der Waals surface area contributed by atoms with Crippen LogP contribution in [0.3, 0.4) is 0 Å².